The monoisotopic (exact) mass is 325 g/mol. The lowest BCUT2D eigenvalue weighted by atomic mass is 9.78. The molecule has 2 aliphatic rings. The smallest absolute Gasteiger partial charge is 0.226 e. The molecule has 2 aliphatic heterocycles. The molecule has 3 atom stereocenters. The molecule has 0 aromatic carbocycles. The Morgan fingerprint density at radius 3 is 2.39 bits per heavy atom. The molecule has 2 saturated heterocycles. The first-order valence-electron chi connectivity index (χ1n) is 9.32. The van der Waals surface area contributed by atoms with Crippen molar-refractivity contribution in [3.05, 3.63) is 0 Å². The summed E-state index contributed by atoms with van der Waals surface area (Å²) in [6.07, 6.45) is 3.13. The van der Waals surface area contributed by atoms with Crippen LogP contribution in [0.4, 0.5) is 0 Å². The van der Waals surface area contributed by atoms with Gasteiger partial charge in [0.2, 0.25) is 5.91 Å². The second-order valence-corrected chi connectivity index (χ2v) is 8.08. The summed E-state index contributed by atoms with van der Waals surface area (Å²) in [7, 11) is 1.76. The summed E-state index contributed by atoms with van der Waals surface area (Å²) < 4.78 is 10.9. The molecular weight excluding hydrogens is 290 g/mol. The van der Waals surface area contributed by atoms with E-state index in [0.717, 1.165) is 45.6 Å². The van der Waals surface area contributed by atoms with Gasteiger partial charge in [-0.3, -0.25) is 4.79 Å². The van der Waals surface area contributed by atoms with Crippen LogP contribution in [-0.4, -0.2) is 50.3 Å². The number of rotatable bonds is 6. The Balaban J connectivity index is 2.13. The minimum absolute atomic E-state index is 0.140. The predicted octanol–water partition coefficient (Wildman–Crippen LogP) is 3.20. The number of amides is 1. The van der Waals surface area contributed by atoms with Crippen LogP contribution in [-0.2, 0) is 14.3 Å². The van der Waals surface area contributed by atoms with Gasteiger partial charge in [-0.25, -0.2) is 0 Å². The van der Waals surface area contributed by atoms with Crippen molar-refractivity contribution in [3.8, 4) is 0 Å². The minimum Gasteiger partial charge on any atom is -0.384 e. The van der Waals surface area contributed by atoms with Gasteiger partial charge in [0.1, 0.15) is 0 Å². The Bertz CT molecular complexity index is 377. The van der Waals surface area contributed by atoms with Gasteiger partial charge in [0.05, 0.1) is 6.61 Å². The van der Waals surface area contributed by atoms with E-state index in [1.807, 2.05) is 0 Å². The van der Waals surface area contributed by atoms with Crippen LogP contribution in [0, 0.1) is 29.6 Å². The lowest BCUT2D eigenvalue weighted by Crippen LogP contribution is -2.46. The van der Waals surface area contributed by atoms with E-state index < -0.39 is 0 Å². The standard InChI is InChI=1S/C19H35NO3/c1-13(2)17-10-15(12-22-5)11-20(17)19(21)18(14(3)4)16-6-8-23-9-7-16/h13-18H,6-12H2,1-5H3/t15?,17-,18?/m0/s1. The summed E-state index contributed by atoms with van der Waals surface area (Å²) in [5.74, 6) is 2.37. The highest BCUT2D eigenvalue weighted by Gasteiger charge is 2.42. The number of carbonyl (C=O) groups excluding carboxylic acids is 1. The molecule has 0 aromatic heterocycles. The van der Waals surface area contributed by atoms with E-state index in [-0.39, 0.29) is 5.92 Å². The van der Waals surface area contributed by atoms with E-state index in [1.165, 1.54) is 0 Å². The lowest BCUT2D eigenvalue weighted by molar-refractivity contribution is -0.142. The van der Waals surface area contributed by atoms with Gasteiger partial charge in [0.25, 0.3) is 0 Å². The van der Waals surface area contributed by atoms with Gasteiger partial charge in [-0.1, -0.05) is 27.7 Å². The number of likely N-dealkylation sites (tertiary alicyclic amines) is 1. The van der Waals surface area contributed by atoms with Gasteiger partial charge in [-0.05, 0) is 37.0 Å². The van der Waals surface area contributed by atoms with Crippen molar-refractivity contribution >= 4 is 5.91 Å². The van der Waals surface area contributed by atoms with Gasteiger partial charge in [-0.2, -0.15) is 0 Å². The third kappa shape index (κ3) is 4.48. The maximum atomic E-state index is 13.4. The molecule has 4 nitrogen and oxygen atoms in total. The number of hydrogen-bond donors (Lipinski definition) is 0. The first-order chi connectivity index (χ1) is 11.0. The third-order valence-electron chi connectivity index (χ3n) is 5.66. The molecule has 0 bridgehead atoms. The summed E-state index contributed by atoms with van der Waals surface area (Å²) in [6.45, 7) is 12.1. The number of carbonyl (C=O) groups is 1. The summed E-state index contributed by atoms with van der Waals surface area (Å²) >= 11 is 0. The maximum Gasteiger partial charge on any atom is 0.226 e. The molecule has 0 radical (unpaired) electrons. The largest absolute Gasteiger partial charge is 0.384 e. The molecule has 134 valence electrons. The zero-order chi connectivity index (χ0) is 17.0. The Morgan fingerprint density at radius 1 is 1.22 bits per heavy atom. The van der Waals surface area contributed by atoms with Gasteiger partial charge >= 0.3 is 0 Å². The van der Waals surface area contributed by atoms with Crippen LogP contribution in [0.2, 0.25) is 0 Å². The average Bonchev–Trinajstić information content (AvgIpc) is 2.93. The predicted molar refractivity (Wildman–Crippen MR) is 92.2 cm³/mol. The Morgan fingerprint density at radius 2 is 1.87 bits per heavy atom. The summed E-state index contributed by atoms with van der Waals surface area (Å²) in [5, 5.41) is 0. The normalized spacial score (nSPS) is 27.9. The molecule has 0 saturated carbocycles. The zero-order valence-electron chi connectivity index (χ0n) is 15.6. The average molecular weight is 325 g/mol. The fraction of sp³-hybridized carbons (Fsp3) is 0.947. The van der Waals surface area contributed by atoms with E-state index in [9.17, 15) is 4.79 Å². The third-order valence-corrected chi connectivity index (χ3v) is 5.66. The van der Waals surface area contributed by atoms with Crippen molar-refractivity contribution in [1.29, 1.82) is 0 Å². The topological polar surface area (TPSA) is 38.8 Å². The lowest BCUT2D eigenvalue weighted by Gasteiger charge is -2.37. The highest BCUT2D eigenvalue weighted by Crippen LogP contribution is 2.36. The first kappa shape index (κ1) is 18.7. The van der Waals surface area contributed by atoms with Gasteiger partial charge in [0, 0.05) is 44.7 Å². The quantitative estimate of drug-likeness (QED) is 0.753. The molecule has 0 aromatic rings. The number of ether oxygens (including phenoxy) is 2. The van der Waals surface area contributed by atoms with E-state index >= 15 is 0 Å². The maximum absolute atomic E-state index is 13.4. The van der Waals surface area contributed by atoms with Crippen molar-refractivity contribution in [1.82, 2.24) is 4.90 Å². The zero-order valence-corrected chi connectivity index (χ0v) is 15.6. The Labute approximate surface area is 141 Å². The summed E-state index contributed by atoms with van der Waals surface area (Å²) in [4.78, 5) is 15.6. The molecule has 2 heterocycles. The van der Waals surface area contributed by atoms with Crippen LogP contribution < -0.4 is 0 Å². The molecular formula is C19H35NO3. The fourth-order valence-electron chi connectivity index (χ4n) is 4.50. The highest BCUT2D eigenvalue weighted by atomic mass is 16.5. The van der Waals surface area contributed by atoms with Crippen molar-refractivity contribution in [2.24, 2.45) is 29.6 Å². The molecule has 4 heteroatoms. The molecule has 0 N–H and O–H groups in total. The number of methoxy groups -OCH3 is 1. The second-order valence-electron chi connectivity index (χ2n) is 8.08. The Hall–Kier alpha value is -0.610. The highest BCUT2D eigenvalue weighted by molar-refractivity contribution is 5.80. The number of nitrogens with zero attached hydrogens (tertiary/aromatic N) is 1. The fourth-order valence-corrected chi connectivity index (χ4v) is 4.50. The molecule has 2 rings (SSSR count). The van der Waals surface area contributed by atoms with Gasteiger partial charge in [-0.15, -0.1) is 0 Å². The van der Waals surface area contributed by atoms with Crippen LogP contribution >= 0.6 is 0 Å². The van der Waals surface area contributed by atoms with Crippen LogP contribution in [0.1, 0.15) is 47.0 Å². The molecule has 0 aliphatic carbocycles. The molecule has 0 spiro atoms. The van der Waals surface area contributed by atoms with Crippen molar-refractivity contribution < 1.29 is 14.3 Å². The van der Waals surface area contributed by atoms with Gasteiger partial charge in [0.15, 0.2) is 0 Å². The Kier molecular flexibility index (Phi) is 6.90. The molecule has 1 amide bonds. The van der Waals surface area contributed by atoms with Crippen LogP contribution in [0.5, 0.6) is 0 Å². The van der Waals surface area contributed by atoms with E-state index in [0.29, 0.717) is 35.6 Å². The number of hydrogen-bond acceptors (Lipinski definition) is 3. The second kappa shape index (κ2) is 8.48. The first-order valence-corrected chi connectivity index (χ1v) is 9.32. The van der Waals surface area contributed by atoms with Crippen LogP contribution in [0.25, 0.3) is 0 Å². The SMILES string of the molecule is COCC1C[C@@H](C(C)C)N(C(=O)C(C(C)C)C2CCOCC2)C1. The molecule has 2 fully saturated rings. The van der Waals surface area contributed by atoms with Crippen LogP contribution in [0.3, 0.4) is 0 Å². The molecule has 2 unspecified atom stereocenters. The van der Waals surface area contributed by atoms with E-state index in [2.05, 4.69) is 32.6 Å². The van der Waals surface area contributed by atoms with Crippen molar-refractivity contribution in [2.45, 2.75) is 53.0 Å². The van der Waals surface area contributed by atoms with Crippen LogP contribution in [0.15, 0.2) is 0 Å². The summed E-state index contributed by atoms with van der Waals surface area (Å²) in [5.41, 5.74) is 0. The van der Waals surface area contributed by atoms with Crippen molar-refractivity contribution in [3.63, 3.8) is 0 Å². The van der Waals surface area contributed by atoms with Gasteiger partial charge < -0.3 is 14.4 Å². The summed E-state index contributed by atoms with van der Waals surface area (Å²) in [6, 6.07) is 0.365. The van der Waals surface area contributed by atoms with E-state index in [1.54, 1.807) is 7.11 Å². The minimum atomic E-state index is 0.140. The van der Waals surface area contributed by atoms with Crippen molar-refractivity contribution in [2.75, 3.05) is 33.5 Å². The molecule has 23 heavy (non-hydrogen) atoms. The van der Waals surface area contributed by atoms with E-state index in [4.69, 9.17) is 9.47 Å².